The van der Waals surface area contributed by atoms with Crippen LogP contribution in [0, 0.1) is 6.92 Å². The molecule has 104 valence electrons. The molecule has 4 heteroatoms. The molecule has 0 spiro atoms. The minimum atomic E-state index is -0.215. The van der Waals surface area contributed by atoms with Crippen LogP contribution in [0.3, 0.4) is 0 Å². The molecule has 0 bridgehead atoms. The summed E-state index contributed by atoms with van der Waals surface area (Å²) in [5.41, 5.74) is 1.79. The topological polar surface area (TPSA) is 47.6 Å². The average Bonchev–Trinajstić information content (AvgIpc) is 2.44. The Labute approximate surface area is 118 Å². The smallest absolute Gasteiger partial charge is 0.250 e. The van der Waals surface area contributed by atoms with E-state index in [1.807, 2.05) is 49.4 Å². The number of anilines is 1. The third-order valence-corrected chi connectivity index (χ3v) is 2.69. The summed E-state index contributed by atoms with van der Waals surface area (Å²) in [6.45, 7) is 2.03. The molecule has 20 heavy (non-hydrogen) atoms. The molecule has 2 rings (SSSR count). The van der Waals surface area contributed by atoms with Crippen molar-refractivity contribution >= 4 is 11.6 Å². The molecule has 0 aliphatic heterocycles. The van der Waals surface area contributed by atoms with E-state index in [2.05, 4.69) is 5.32 Å². The number of para-hydroxylation sites is 2. The lowest BCUT2D eigenvalue weighted by Crippen LogP contribution is -2.17. The van der Waals surface area contributed by atoms with Crippen LogP contribution >= 0.6 is 0 Å². The maximum Gasteiger partial charge on any atom is 0.250 e. The van der Waals surface area contributed by atoms with Crippen LogP contribution in [0.25, 0.3) is 0 Å². The fourth-order valence-electron chi connectivity index (χ4n) is 1.71. The molecule has 2 aromatic carbocycles. The number of ether oxygens (including phenoxy) is 2. The van der Waals surface area contributed by atoms with Gasteiger partial charge in [-0.3, -0.25) is 4.79 Å². The molecular weight excluding hydrogens is 254 g/mol. The first-order valence-corrected chi connectivity index (χ1v) is 6.31. The molecule has 0 aliphatic carbocycles. The molecule has 1 N–H and O–H groups in total. The minimum absolute atomic E-state index is 0.0128. The summed E-state index contributed by atoms with van der Waals surface area (Å²) in [7, 11) is 1.48. The van der Waals surface area contributed by atoms with Crippen LogP contribution in [0.15, 0.2) is 48.5 Å². The van der Waals surface area contributed by atoms with E-state index in [1.165, 1.54) is 12.7 Å². The number of benzene rings is 2. The average molecular weight is 271 g/mol. The Balaban J connectivity index is 2.15. The van der Waals surface area contributed by atoms with Crippen molar-refractivity contribution in [1.29, 1.82) is 0 Å². The minimum Gasteiger partial charge on any atom is -0.455 e. The molecule has 0 aromatic heterocycles. The van der Waals surface area contributed by atoms with Gasteiger partial charge in [0, 0.05) is 7.11 Å². The first-order chi connectivity index (χ1) is 9.69. The molecule has 0 unspecified atom stereocenters. The predicted octanol–water partition coefficient (Wildman–Crippen LogP) is 3.37. The Morgan fingerprint density at radius 2 is 1.80 bits per heavy atom. The number of nitrogens with one attached hydrogen (secondary N) is 1. The van der Waals surface area contributed by atoms with Gasteiger partial charge < -0.3 is 14.8 Å². The van der Waals surface area contributed by atoms with Gasteiger partial charge in [-0.2, -0.15) is 0 Å². The summed E-state index contributed by atoms with van der Waals surface area (Å²) in [6, 6.07) is 15.0. The Bertz CT molecular complexity index is 579. The van der Waals surface area contributed by atoms with Crippen molar-refractivity contribution in [2.75, 3.05) is 19.0 Å². The molecule has 2 aromatic rings. The van der Waals surface area contributed by atoms with Gasteiger partial charge in [0.2, 0.25) is 5.91 Å². The third kappa shape index (κ3) is 3.83. The highest BCUT2D eigenvalue weighted by Gasteiger charge is 2.07. The lowest BCUT2D eigenvalue weighted by molar-refractivity contribution is -0.119. The maximum absolute atomic E-state index is 11.6. The number of rotatable bonds is 5. The van der Waals surface area contributed by atoms with E-state index in [-0.39, 0.29) is 12.5 Å². The summed E-state index contributed by atoms with van der Waals surface area (Å²) in [5.74, 6) is 1.11. The van der Waals surface area contributed by atoms with Gasteiger partial charge in [0.25, 0.3) is 0 Å². The van der Waals surface area contributed by atoms with E-state index >= 15 is 0 Å². The fourth-order valence-corrected chi connectivity index (χ4v) is 1.71. The van der Waals surface area contributed by atoms with Crippen molar-refractivity contribution in [1.82, 2.24) is 0 Å². The van der Waals surface area contributed by atoms with Crippen molar-refractivity contribution in [3.63, 3.8) is 0 Å². The quantitative estimate of drug-likeness (QED) is 0.907. The van der Waals surface area contributed by atoms with Crippen LogP contribution in [-0.4, -0.2) is 19.6 Å². The van der Waals surface area contributed by atoms with Crippen molar-refractivity contribution in [3.8, 4) is 11.5 Å². The van der Waals surface area contributed by atoms with Gasteiger partial charge in [-0.1, -0.05) is 29.8 Å². The number of hydrogen-bond donors (Lipinski definition) is 1. The number of carbonyl (C=O) groups excluding carboxylic acids is 1. The fraction of sp³-hybridized carbons (Fsp3) is 0.188. The van der Waals surface area contributed by atoms with Crippen LogP contribution in [0.1, 0.15) is 5.56 Å². The Kier molecular flexibility index (Phi) is 4.74. The van der Waals surface area contributed by atoms with Crippen LogP contribution in [0.5, 0.6) is 11.5 Å². The highest BCUT2D eigenvalue weighted by Crippen LogP contribution is 2.29. The van der Waals surface area contributed by atoms with Crippen molar-refractivity contribution in [3.05, 3.63) is 54.1 Å². The second kappa shape index (κ2) is 6.73. The normalized spacial score (nSPS) is 10.1. The first-order valence-electron chi connectivity index (χ1n) is 6.31. The van der Waals surface area contributed by atoms with Crippen molar-refractivity contribution in [2.24, 2.45) is 0 Å². The zero-order valence-electron chi connectivity index (χ0n) is 11.6. The second-order valence-electron chi connectivity index (χ2n) is 4.39. The zero-order valence-corrected chi connectivity index (χ0v) is 11.6. The Morgan fingerprint density at radius 3 is 2.50 bits per heavy atom. The summed E-state index contributed by atoms with van der Waals surface area (Å²) in [6.07, 6.45) is 0. The maximum atomic E-state index is 11.6. The van der Waals surface area contributed by atoms with Crippen molar-refractivity contribution in [2.45, 2.75) is 6.92 Å². The number of carbonyl (C=O) groups is 1. The molecule has 1 amide bonds. The van der Waals surface area contributed by atoms with E-state index in [0.717, 1.165) is 5.75 Å². The molecule has 0 heterocycles. The molecule has 0 saturated carbocycles. The summed E-state index contributed by atoms with van der Waals surface area (Å²) < 4.78 is 10.6. The van der Waals surface area contributed by atoms with Crippen LogP contribution in [0.4, 0.5) is 5.69 Å². The predicted molar refractivity (Wildman–Crippen MR) is 78.2 cm³/mol. The highest BCUT2D eigenvalue weighted by molar-refractivity contribution is 5.93. The molecule has 0 saturated heterocycles. The monoisotopic (exact) mass is 271 g/mol. The first kappa shape index (κ1) is 14.1. The third-order valence-electron chi connectivity index (χ3n) is 2.69. The second-order valence-corrected chi connectivity index (χ2v) is 4.39. The Morgan fingerprint density at radius 1 is 1.10 bits per heavy atom. The van der Waals surface area contributed by atoms with Crippen molar-refractivity contribution < 1.29 is 14.3 Å². The van der Waals surface area contributed by atoms with E-state index < -0.39 is 0 Å². The molecule has 0 aliphatic rings. The summed E-state index contributed by atoms with van der Waals surface area (Å²) in [4.78, 5) is 11.6. The van der Waals surface area contributed by atoms with Crippen LogP contribution < -0.4 is 10.1 Å². The van der Waals surface area contributed by atoms with E-state index in [9.17, 15) is 4.79 Å². The van der Waals surface area contributed by atoms with Gasteiger partial charge in [0.1, 0.15) is 12.4 Å². The lowest BCUT2D eigenvalue weighted by Gasteiger charge is -2.12. The van der Waals surface area contributed by atoms with Gasteiger partial charge in [-0.05, 0) is 31.2 Å². The number of hydrogen-bond acceptors (Lipinski definition) is 3. The van der Waals surface area contributed by atoms with Gasteiger partial charge >= 0.3 is 0 Å². The molecule has 0 atom stereocenters. The van der Waals surface area contributed by atoms with E-state index in [0.29, 0.717) is 11.4 Å². The SMILES string of the molecule is COCC(=O)Nc1ccccc1Oc1ccc(C)cc1. The van der Waals surface area contributed by atoms with Gasteiger partial charge in [-0.15, -0.1) is 0 Å². The van der Waals surface area contributed by atoms with Gasteiger partial charge in [0.15, 0.2) is 5.75 Å². The van der Waals surface area contributed by atoms with Gasteiger partial charge in [-0.25, -0.2) is 0 Å². The largest absolute Gasteiger partial charge is 0.455 e. The van der Waals surface area contributed by atoms with Crippen LogP contribution in [-0.2, 0) is 9.53 Å². The van der Waals surface area contributed by atoms with E-state index in [1.54, 1.807) is 6.07 Å². The number of amides is 1. The molecule has 0 fully saturated rings. The lowest BCUT2D eigenvalue weighted by atomic mass is 10.2. The molecule has 4 nitrogen and oxygen atoms in total. The zero-order chi connectivity index (χ0) is 14.4. The number of methoxy groups -OCH3 is 1. The number of aryl methyl sites for hydroxylation is 1. The van der Waals surface area contributed by atoms with Gasteiger partial charge in [0.05, 0.1) is 5.69 Å². The Hall–Kier alpha value is -2.33. The van der Waals surface area contributed by atoms with E-state index in [4.69, 9.17) is 9.47 Å². The standard InChI is InChI=1S/C16H17NO3/c1-12-7-9-13(10-8-12)20-15-6-4-3-5-14(15)17-16(18)11-19-2/h3-10H,11H2,1-2H3,(H,17,18). The molecule has 0 radical (unpaired) electrons. The van der Waals surface area contributed by atoms with Crippen LogP contribution in [0.2, 0.25) is 0 Å². The highest BCUT2D eigenvalue weighted by atomic mass is 16.5. The summed E-state index contributed by atoms with van der Waals surface area (Å²) >= 11 is 0. The summed E-state index contributed by atoms with van der Waals surface area (Å²) in [5, 5.41) is 2.75. The molecular formula is C16H17NO3.